The van der Waals surface area contributed by atoms with Gasteiger partial charge in [-0.25, -0.2) is 0 Å². The van der Waals surface area contributed by atoms with E-state index in [4.69, 9.17) is 10.2 Å². The minimum absolute atomic E-state index is 0.238. The van der Waals surface area contributed by atoms with Crippen molar-refractivity contribution in [3.05, 3.63) is 59.9 Å². The van der Waals surface area contributed by atoms with Crippen LogP contribution in [-0.4, -0.2) is 5.11 Å². The standard InChI is InChI=1S/C16H13NO2/c17-13-4-1-11(2-5-13)3-7-15-10-12-9-14(18)6-8-16(12)19-15/h1-10,18H,17H2/b7-3+. The van der Waals surface area contributed by atoms with Crippen LogP contribution in [0.25, 0.3) is 23.1 Å². The van der Waals surface area contributed by atoms with E-state index in [-0.39, 0.29) is 5.75 Å². The molecular weight excluding hydrogens is 238 g/mol. The number of hydrogen-bond acceptors (Lipinski definition) is 3. The Labute approximate surface area is 110 Å². The monoisotopic (exact) mass is 251 g/mol. The Hall–Kier alpha value is -2.68. The van der Waals surface area contributed by atoms with E-state index in [9.17, 15) is 5.11 Å². The number of hydrogen-bond donors (Lipinski definition) is 2. The maximum Gasteiger partial charge on any atom is 0.135 e. The molecule has 3 nitrogen and oxygen atoms in total. The molecule has 0 saturated carbocycles. The van der Waals surface area contributed by atoms with Crippen LogP contribution in [0.15, 0.2) is 52.9 Å². The van der Waals surface area contributed by atoms with Gasteiger partial charge in [0.15, 0.2) is 0 Å². The Bertz CT molecular complexity index is 739. The van der Waals surface area contributed by atoms with Gasteiger partial charge in [0.25, 0.3) is 0 Å². The van der Waals surface area contributed by atoms with Crippen LogP contribution >= 0.6 is 0 Å². The summed E-state index contributed by atoms with van der Waals surface area (Å²) in [6.45, 7) is 0. The summed E-state index contributed by atoms with van der Waals surface area (Å²) in [6, 6.07) is 14.5. The number of furan rings is 1. The molecule has 94 valence electrons. The Morgan fingerprint density at radius 2 is 1.74 bits per heavy atom. The van der Waals surface area contributed by atoms with Gasteiger partial charge in [-0.2, -0.15) is 0 Å². The van der Waals surface area contributed by atoms with E-state index < -0.39 is 0 Å². The number of aromatic hydroxyl groups is 1. The molecule has 2 aromatic carbocycles. The van der Waals surface area contributed by atoms with Gasteiger partial charge in [-0.15, -0.1) is 0 Å². The molecule has 3 rings (SSSR count). The maximum absolute atomic E-state index is 9.40. The highest BCUT2D eigenvalue weighted by Gasteiger charge is 2.01. The minimum Gasteiger partial charge on any atom is -0.508 e. The zero-order valence-electron chi connectivity index (χ0n) is 10.2. The van der Waals surface area contributed by atoms with Crippen LogP contribution in [0.1, 0.15) is 11.3 Å². The third-order valence-corrected chi connectivity index (χ3v) is 2.90. The molecule has 1 heterocycles. The smallest absolute Gasteiger partial charge is 0.135 e. The molecule has 1 aromatic heterocycles. The number of nitrogens with two attached hydrogens (primary N) is 1. The first-order valence-corrected chi connectivity index (χ1v) is 5.97. The van der Waals surface area contributed by atoms with E-state index in [0.29, 0.717) is 0 Å². The van der Waals surface area contributed by atoms with E-state index in [1.807, 2.05) is 42.5 Å². The van der Waals surface area contributed by atoms with E-state index >= 15 is 0 Å². The third-order valence-electron chi connectivity index (χ3n) is 2.90. The molecule has 0 amide bonds. The lowest BCUT2D eigenvalue weighted by Gasteiger charge is -1.93. The second-order valence-electron chi connectivity index (χ2n) is 4.37. The van der Waals surface area contributed by atoms with Crippen LogP contribution in [0.3, 0.4) is 0 Å². The van der Waals surface area contributed by atoms with Gasteiger partial charge in [-0.3, -0.25) is 0 Å². The van der Waals surface area contributed by atoms with E-state index in [1.165, 1.54) is 0 Å². The summed E-state index contributed by atoms with van der Waals surface area (Å²) in [6.07, 6.45) is 3.85. The quantitative estimate of drug-likeness (QED) is 0.679. The number of nitrogen functional groups attached to an aromatic ring is 1. The lowest BCUT2D eigenvalue weighted by molar-refractivity contribution is 0.476. The van der Waals surface area contributed by atoms with Crippen molar-refractivity contribution in [2.45, 2.75) is 0 Å². The van der Waals surface area contributed by atoms with Crippen molar-refractivity contribution in [1.29, 1.82) is 0 Å². The molecule has 0 aliphatic carbocycles. The third kappa shape index (κ3) is 2.45. The molecule has 0 aliphatic rings. The van der Waals surface area contributed by atoms with E-state index in [1.54, 1.807) is 18.2 Å². The molecule has 0 unspecified atom stereocenters. The fourth-order valence-corrected chi connectivity index (χ4v) is 1.92. The molecule has 3 N–H and O–H groups in total. The molecule has 0 spiro atoms. The Morgan fingerprint density at radius 1 is 0.947 bits per heavy atom. The predicted octanol–water partition coefficient (Wildman–Crippen LogP) is 3.89. The lowest BCUT2D eigenvalue weighted by Crippen LogP contribution is -1.82. The maximum atomic E-state index is 9.40. The second-order valence-corrected chi connectivity index (χ2v) is 4.37. The normalized spacial score (nSPS) is 11.4. The molecule has 0 radical (unpaired) electrons. The summed E-state index contributed by atoms with van der Waals surface area (Å²) in [5, 5.41) is 10.3. The fourth-order valence-electron chi connectivity index (χ4n) is 1.92. The molecule has 19 heavy (non-hydrogen) atoms. The highest BCUT2D eigenvalue weighted by molar-refractivity contribution is 5.83. The van der Waals surface area contributed by atoms with Gasteiger partial charge in [0, 0.05) is 11.1 Å². The Morgan fingerprint density at radius 3 is 2.53 bits per heavy atom. The summed E-state index contributed by atoms with van der Waals surface area (Å²) in [5.41, 5.74) is 8.19. The number of phenols is 1. The second kappa shape index (κ2) is 4.53. The molecule has 0 bridgehead atoms. The molecule has 0 saturated heterocycles. The Balaban J connectivity index is 1.90. The molecule has 0 fully saturated rings. The fraction of sp³-hybridized carbons (Fsp3) is 0. The van der Waals surface area contributed by atoms with Crippen molar-refractivity contribution < 1.29 is 9.52 Å². The summed E-state index contributed by atoms with van der Waals surface area (Å²) >= 11 is 0. The summed E-state index contributed by atoms with van der Waals surface area (Å²) in [7, 11) is 0. The minimum atomic E-state index is 0.238. The van der Waals surface area contributed by atoms with Gasteiger partial charge in [0.1, 0.15) is 17.1 Å². The molecule has 3 heteroatoms. The van der Waals surface area contributed by atoms with Gasteiger partial charge < -0.3 is 15.3 Å². The van der Waals surface area contributed by atoms with Crippen LogP contribution in [-0.2, 0) is 0 Å². The van der Waals surface area contributed by atoms with Crippen molar-refractivity contribution in [1.82, 2.24) is 0 Å². The van der Waals surface area contributed by atoms with Crippen molar-refractivity contribution >= 4 is 28.8 Å². The zero-order chi connectivity index (χ0) is 13.2. The van der Waals surface area contributed by atoms with Crippen molar-refractivity contribution in [2.24, 2.45) is 0 Å². The van der Waals surface area contributed by atoms with Crippen LogP contribution in [0.5, 0.6) is 5.75 Å². The van der Waals surface area contributed by atoms with Gasteiger partial charge in [-0.1, -0.05) is 18.2 Å². The highest BCUT2D eigenvalue weighted by Crippen LogP contribution is 2.24. The number of phenolic OH excluding ortho intramolecular Hbond substituents is 1. The number of benzene rings is 2. The first-order chi connectivity index (χ1) is 9.20. The number of rotatable bonds is 2. The molecular formula is C16H13NO2. The van der Waals surface area contributed by atoms with Crippen LogP contribution in [0.4, 0.5) is 5.69 Å². The molecule has 0 atom stereocenters. The first kappa shape index (κ1) is 11.4. The summed E-state index contributed by atoms with van der Waals surface area (Å²) in [5.74, 6) is 0.986. The predicted molar refractivity (Wildman–Crippen MR) is 77.7 cm³/mol. The average Bonchev–Trinajstić information content (AvgIpc) is 2.80. The molecule has 0 aliphatic heterocycles. The van der Waals surface area contributed by atoms with Crippen LogP contribution in [0.2, 0.25) is 0 Å². The van der Waals surface area contributed by atoms with Gasteiger partial charge >= 0.3 is 0 Å². The summed E-state index contributed by atoms with van der Waals surface area (Å²) < 4.78 is 5.65. The Kier molecular flexibility index (Phi) is 2.72. The average molecular weight is 251 g/mol. The number of fused-ring (bicyclic) bond motifs is 1. The van der Waals surface area contributed by atoms with Crippen LogP contribution in [0, 0.1) is 0 Å². The highest BCUT2D eigenvalue weighted by atomic mass is 16.3. The number of anilines is 1. The van der Waals surface area contributed by atoms with Crippen molar-refractivity contribution in [2.75, 3.05) is 5.73 Å². The largest absolute Gasteiger partial charge is 0.508 e. The molecule has 3 aromatic rings. The van der Waals surface area contributed by atoms with Crippen LogP contribution < -0.4 is 5.73 Å². The summed E-state index contributed by atoms with van der Waals surface area (Å²) in [4.78, 5) is 0. The van der Waals surface area contributed by atoms with Gasteiger partial charge in [-0.05, 0) is 48.0 Å². The lowest BCUT2D eigenvalue weighted by atomic mass is 10.2. The van der Waals surface area contributed by atoms with Gasteiger partial charge in [0.05, 0.1) is 0 Å². The van der Waals surface area contributed by atoms with Crippen molar-refractivity contribution in [3.63, 3.8) is 0 Å². The van der Waals surface area contributed by atoms with E-state index in [2.05, 4.69) is 0 Å². The van der Waals surface area contributed by atoms with E-state index in [0.717, 1.165) is 28.0 Å². The van der Waals surface area contributed by atoms with Gasteiger partial charge in [0.2, 0.25) is 0 Å². The van der Waals surface area contributed by atoms with Crippen molar-refractivity contribution in [3.8, 4) is 5.75 Å². The SMILES string of the molecule is Nc1ccc(/C=C/c2cc3cc(O)ccc3o2)cc1. The first-order valence-electron chi connectivity index (χ1n) is 5.97. The zero-order valence-corrected chi connectivity index (χ0v) is 10.2. The topological polar surface area (TPSA) is 59.4 Å².